The molecule has 0 amide bonds. The number of rotatable bonds is 2. The van der Waals surface area contributed by atoms with E-state index in [0.29, 0.717) is 0 Å². The van der Waals surface area contributed by atoms with Crippen molar-refractivity contribution in [2.24, 2.45) is 0 Å². The van der Waals surface area contributed by atoms with Gasteiger partial charge in [0.1, 0.15) is 16.6 Å². The van der Waals surface area contributed by atoms with Crippen LogP contribution in [0.15, 0.2) is 48.5 Å². The van der Waals surface area contributed by atoms with Crippen LogP contribution in [-0.2, 0) is 0 Å². The molecule has 98 valence electrons. The second kappa shape index (κ2) is 4.12. The number of benzene rings is 2. The van der Waals surface area contributed by atoms with Gasteiger partial charge in [0, 0.05) is 0 Å². The van der Waals surface area contributed by atoms with Gasteiger partial charge >= 0.3 is 0 Å². The van der Waals surface area contributed by atoms with E-state index in [0.717, 1.165) is 22.1 Å². The van der Waals surface area contributed by atoms with Crippen molar-refractivity contribution < 1.29 is 0 Å². The van der Waals surface area contributed by atoms with Gasteiger partial charge in [0.05, 0.1) is 5.52 Å². The smallest absolute Gasteiger partial charge is 0.162 e. The third-order valence-electron chi connectivity index (χ3n) is 3.37. The zero-order chi connectivity index (χ0) is 13.5. The third-order valence-corrected chi connectivity index (χ3v) is 3.37. The van der Waals surface area contributed by atoms with Gasteiger partial charge in [-0.05, 0) is 31.2 Å². The van der Waals surface area contributed by atoms with Crippen molar-refractivity contribution in [3.63, 3.8) is 0 Å². The molecule has 1 unspecified atom stereocenters. The quantitative estimate of drug-likeness (QED) is 0.557. The van der Waals surface area contributed by atoms with E-state index >= 15 is 0 Å². The lowest BCUT2D eigenvalue weighted by Gasteiger charge is -2.10. The van der Waals surface area contributed by atoms with Gasteiger partial charge in [-0.15, -0.1) is 5.10 Å². The van der Waals surface area contributed by atoms with E-state index < -0.39 is 0 Å². The molecule has 0 fully saturated rings. The Kier molecular flexibility index (Phi) is 2.29. The van der Waals surface area contributed by atoms with Crippen molar-refractivity contribution in [1.29, 1.82) is 0 Å². The SMILES string of the molecule is CC(n1nc2ccccc2n1)n1nnc2ccccc21. The minimum Gasteiger partial charge on any atom is -0.218 e. The summed E-state index contributed by atoms with van der Waals surface area (Å²) >= 11 is 0. The van der Waals surface area contributed by atoms with E-state index in [9.17, 15) is 0 Å². The average Bonchev–Trinajstić information content (AvgIpc) is 3.10. The molecule has 6 nitrogen and oxygen atoms in total. The summed E-state index contributed by atoms with van der Waals surface area (Å²) in [4.78, 5) is 1.67. The molecular weight excluding hydrogens is 252 g/mol. The molecule has 0 aliphatic heterocycles. The fraction of sp³-hybridized carbons (Fsp3) is 0.143. The van der Waals surface area contributed by atoms with E-state index in [2.05, 4.69) is 20.5 Å². The van der Waals surface area contributed by atoms with Crippen LogP contribution < -0.4 is 0 Å². The Balaban J connectivity index is 1.85. The van der Waals surface area contributed by atoms with Gasteiger partial charge in [0.15, 0.2) is 6.17 Å². The average molecular weight is 264 g/mol. The monoisotopic (exact) mass is 264 g/mol. The summed E-state index contributed by atoms with van der Waals surface area (Å²) in [6.45, 7) is 2.00. The Morgan fingerprint density at radius 3 is 2.15 bits per heavy atom. The van der Waals surface area contributed by atoms with Gasteiger partial charge in [-0.25, -0.2) is 4.68 Å². The van der Waals surface area contributed by atoms with Crippen molar-refractivity contribution >= 4 is 22.1 Å². The minimum absolute atomic E-state index is 0.130. The van der Waals surface area contributed by atoms with Gasteiger partial charge in [0.2, 0.25) is 0 Å². The molecule has 0 saturated carbocycles. The molecule has 0 aliphatic rings. The van der Waals surface area contributed by atoms with Gasteiger partial charge in [-0.1, -0.05) is 29.5 Å². The Morgan fingerprint density at radius 2 is 1.45 bits per heavy atom. The summed E-state index contributed by atoms with van der Waals surface area (Å²) in [6.07, 6.45) is -0.130. The third kappa shape index (κ3) is 1.58. The highest BCUT2D eigenvalue weighted by Crippen LogP contribution is 2.17. The highest BCUT2D eigenvalue weighted by atomic mass is 15.6. The zero-order valence-corrected chi connectivity index (χ0v) is 10.9. The lowest BCUT2D eigenvalue weighted by atomic mass is 10.3. The van der Waals surface area contributed by atoms with Crippen LogP contribution in [0.4, 0.5) is 0 Å². The molecule has 4 rings (SSSR count). The van der Waals surface area contributed by atoms with E-state index in [1.807, 2.05) is 60.1 Å². The normalized spacial score (nSPS) is 13.1. The van der Waals surface area contributed by atoms with Crippen LogP contribution in [0.3, 0.4) is 0 Å². The van der Waals surface area contributed by atoms with Crippen LogP contribution in [0, 0.1) is 0 Å². The van der Waals surface area contributed by atoms with Crippen LogP contribution in [0.2, 0.25) is 0 Å². The first-order chi connectivity index (χ1) is 9.83. The molecule has 2 aromatic carbocycles. The molecule has 0 aliphatic carbocycles. The topological polar surface area (TPSA) is 61.4 Å². The Labute approximate surface area is 114 Å². The van der Waals surface area contributed by atoms with Crippen LogP contribution in [0.5, 0.6) is 0 Å². The molecule has 1 atom stereocenters. The predicted octanol–water partition coefficient (Wildman–Crippen LogP) is 2.24. The van der Waals surface area contributed by atoms with E-state index in [4.69, 9.17) is 0 Å². The number of hydrogen-bond donors (Lipinski definition) is 0. The first kappa shape index (κ1) is 11.1. The first-order valence-corrected chi connectivity index (χ1v) is 6.44. The summed E-state index contributed by atoms with van der Waals surface area (Å²) in [7, 11) is 0. The number of nitrogens with zero attached hydrogens (tertiary/aromatic N) is 6. The largest absolute Gasteiger partial charge is 0.218 e. The zero-order valence-electron chi connectivity index (χ0n) is 10.9. The van der Waals surface area contributed by atoms with E-state index in [1.54, 1.807) is 4.80 Å². The molecule has 6 heteroatoms. The predicted molar refractivity (Wildman–Crippen MR) is 75.2 cm³/mol. The molecule has 0 spiro atoms. The van der Waals surface area contributed by atoms with Crippen LogP contribution >= 0.6 is 0 Å². The lowest BCUT2D eigenvalue weighted by Crippen LogP contribution is -2.18. The maximum Gasteiger partial charge on any atom is 0.162 e. The van der Waals surface area contributed by atoms with Crippen LogP contribution in [0.1, 0.15) is 13.1 Å². The summed E-state index contributed by atoms with van der Waals surface area (Å²) in [5, 5.41) is 17.4. The number of para-hydroxylation sites is 1. The molecular formula is C14H12N6. The van der Waals surface area contributed by atoms with Crippen molar-refractivity contribution in [2.75, 3.05) is 0 Å². The molecule has 0 radical (unpaired) electrons. The number of aromatic nitrogens is 6. The Morgan fingerprint density at radius 1 is 0.850 bits per heavy atom. The molecule has 0 N–H and O–H groups in total. The maximum absolute atomic E-state index is 4.49. The van der Waals surface area contributed by atoms with E-state index in [1.165, 1.54) is 0 Å². The van der Waals surface area contributed by atoms with Gasteiger partial charge < -0.3 is 0 Å². The molecule has 0 bridgehead atoms. The van der Waals surface area contributed by atoms with Crippen molar-refractivity contribution in [3.05, 3.63) is 48.5 Å². The van der Waals surface area contributed by atoms with Crippen LogP contribution in [0.25, 0.3) is 22.1 Å². The highest BCUT2D eigenvalue weighted by molar-refractivity contribution is 5.74. The Bertz CT molecular complexity index is 858. The molecule has 2 heterocycles. The van der Waals surface area contributed by atoms with Crippen molar-refractivity contribution in [1.82, 2.24) is 30.0 Å². The fourth-order valence-electron chi connectivity index (χ4n) is 2.30. The van der Waals surface area contributed by atoms with Crippen molar-refractivity contribution in [3.8, 4) is 0 Å². The van der Waals surface area contributed by atoms with Gasteiger partial charge in [-0.2, -0.15) is 15.0 Å². The summed E-state index contributed by atoms with van der Waals surface area (Å²) in [5.41, 5.74) is 3.60. The highest BCUT2D eigenvalue weighted by Gasteiger charge is 2.15. The molecule has 4 aromatic rings. The van der Waals surface area contributed by atoms with Crippen LogP contribution in [-0.4, -0.2) is 30.0 Å². The number of fused-ring (bicyclic) bond motifs is 2. The molecule has 0 saturated heterocycles. The summed E-state index contributed by atoms with van der Waals surface area (Å²) in [5.74, 6) is 0. The van der Waals surface area contributed by atoms with Gasteiger partial charge in [-0.3, -0.25) is 0 Å². The molecule has 2 aromatic heterocycles. The number of hydrogen-bond acceptors (Lipinski definition) is 4. The van der Waals surface area contributed by atoms with Crippen molar-refractivity contribution in [2.45, 2.75) is 13.1 Å². The molecule has 20 heavy (non-hydrogen) atoms. The Hall–Kier alpha value is -2.76. The second-order valence-corrected chi connectivity index (χ2v) is 4.66. The summed E-state index contributed by atoms with van der Waals surface area (Å²) in [6, 6.07) is 15.7. The fourth-order valence-corrected chi connectivity index (χ4v) is 2.30. The first-order valence-electron chi connectivity index (χ1n) is 6.44. The lowest BCUT2D eigenvalue weighted by molar-refractivity contribution is 0.357. The minimum atomic E-state index is -0.130. The summed E-state index contributed by atoms with van der Waals surface area (Å²) < 4.78 is 1.83. The van der Waals surface area contributed by atoms with Gasteiger partial charge in [0.25, 0.3) is 0 Å². The van der Waals surface area contributed by atoms with E-state index in [-0.39, 0.29) is 6.17 Å². The maximum atomic E-state index is 4.49. The second-order valence-electron chi connectivity index (χ2n) is 4.66. The standard InChI is InChI=1S/C14H12N6/c1-10(19-14-9-5-4-8-13(14)15-18-19)20-16-11-6-2-3-7-12(11)17-20/h2-10H,1H3.